The van der Waals surface area contributed by atoms with E-state index in [1.54, 1.807) is 13.0 Å². The molecule has 1 rings (SSSR count). The average molecular weight is 247 g/mol. The SMILES string of the molecule is CCCN(CC(F)(F)F)c1ccc(N)c(C)n1. The summed E-state index contributed by atoms with van der Waals surface area (Å²) in [7, 11) is 0. The van der Waals surface area contributed by atoms with Crippen molar-refractivity contribution in [3.63, 3.8) is 0 Å². The van der Waals surface area contributed by atoms with E-state index < -0.39 is 12.7 Å². The number of nitrogens with zero attached hydrogens (tertiary/aromatic N) is 2. The number of nitrogens with two attached hydrogens (primary N) is 1. The maximum absolute atomic E-state index is 12.4. The number of rotatable bonds is 4. The maximum atomic E-state index is 12.4. The highest BCUT2D eigenvalue weighted by atomic mass is 19.4. The number of hydrogen-bond acceptors (Lipinski definition) is 3. The van der Waals surface area contributed by atoms with Gasteiger partial charge in [-0.3, -0.25) is 0 Å². The van der Waals surface area contributed by atoms with E-state index in [0.29, 0.717) is 30.2 Å². The zero-order valence-corrected chi connectivity index (χ0v) is 9.88. The van der Waals surface area contributed by atoms with Crippen LogP contribution in [-0.4, -0.2) is 24.2 Å². The van der Waals surface area contributed by atoms with Crippen molar-refractivity contribution in [1.29, 1.82) is 0 Å². The second kappa shape index (κ2) is 5.25. The molecule has 0 radical (unpaired) electrons. The second-order valence-electron chi connectivity index (χ2n) is 3.88. The van der Waals surface area contributed by atoms with Crippen LogP contribution in [0.15, 0.2) is 12.1 Å². The fraction of sp³-hybridized carbons (Fsp3) is 0.545. The monoisotopic (exact) mass is 247 g/mol. The molecule has 0 saturated heterocycles. The summed E-state index contributed by atoms with van der Waals surface area (Å²) in [5.74, 6) is 0.316. The van der Waals surface area contributed by atoms with Gasteiger partial charge in [0.25, 0.3) is 0 Å². The van der Waals surface area contributed by atoms with Gasteiger partial charge in [-0.05, 0) is 25.5 Å². The smallest absolute Gasteiger partial charge is 0.397 e. The van der Waals surface area contributed by atoms with Crippen LogP contribution in [-0.2, 0) is 0 Å². The van der Waals surface area contributed by atoms with E-state index >= 15 is 0 Å². The molecule has 0 atom stereocenters. The van der Waals surface area contributed by atoms with E-state index in [9.17, 15) is 13.2 Å². The molecule has 1 aromatic heterocycles. The standard InChI is InChI=1S/C11H16F3N3/c1-3-6-17(7-11(12,13)14)10-5-4-9(15)8(2)16-10/h4-5H,3,6-7,15H2,1-2H3. The number of nitrogen functional groups attached to an aromatic ring is 1. The summed E-state index contributed by atoms with van der Waals surface area (Å²) in [5.41, 5.74) is 6.62. The number of aryl methyl sites for hydroxylation is 1. The molecule has 0 spiro atoms. The van der Waals surface area contributed by atoms with Crippen molar-refractivity contribution in [2.24, 2.45) is 0 Å². The molecule has 1 aromatic rings. The minimum atomic E-state index is -4.23. The molecule has 17 heavy (non-hydrogen) atoms. The van der Waals surface area contributed by atoms with Crippen molar-refractivity contribution >= 4 is 11.5 Å². The zero-order valence-electron chi connectivity index (χ0n) is 9.88. The van der Waals surface area contributed by atoms with Gasteiger partial charge in [0.15, 0.2) is 0 Å². The van der Waals surface area contributed by atoms with Gasteiger partial charge in [-0.2, -0.15) is 13.2 Å². The molecule has 0 fully saturated rings. The Morgan fingerprint density at radius 1 is 1.35 bits per heavy atom. The topological polar surface area (TPSA) is 42.1 Å². The largest absolute Gasteiger partial charge is 0.405 e. The quantitative estimate of drug-likeness (QED) is 0.889. The van der Waals surface area contributed by atoms with Crippen molar-refractivity contribution in [3.05, 3.63) is 17.8 Å². The molecule has 0 aliphatic heterocycles. The highest BCUT2D eigenvalue weighted by Gasteiger charge is 2.31. The van der Waals surface area contributed by atoms with Crippen LogP contribution in [0, 0.1) is 6.92 Å². The molecule has 0 aromatic carbocycles. The van der Waals surface area contributed by atoms with Gasteiger partial charge in [-0.25, -0.2) is 4.98 Å². The molecule has 96 valence electrons. The van der Waals surface area contributed by atoms with Crippen LogP contribution < -0.4 is 10.6 Å². The molecule has 0 bridgehead atoms. The van der Waals surface area contributed by atoms with Gasteiger partial charge < -0.3 is 10.6 Å². The van der Waals surface area contributed by atoms with Crippen molar-refractivity contribution in [2.75, 3.05) is 23.7 Å². The van der Waals surface area contributed by atoms with E-state index in [2.05, 4.69) is 4.98 Å². The zero-order chi connectivity index (χ0) is 13.1. The number of pyridine rings is 1. The lowest BCUT2D eigenvalue weighted by molar-refractivity contribution is -0.119. The Kier molecular flexibility index (Phi) is 4.20. The van der Waals surface area contributed by atoms with Crippen molar-refractivity contribution < 1.29 is 13.2 Å². The second-order valence-corrected chi connectivity index (χ2v) is 3.88. The minimum absolute atomic E-state index is 0.315. The summed E-state index contributed by atoms with van der Waals surface area (Å²) in [5, 5.41) is 0. The number of aromatic nitrogens is 1. The van der Waals surface area contributed by atoms with E-state index in [1.165, 1.54) is 11.0 Å². The van der Waals surface area contributed by atoms with E-state index in [0.717, 1.165) is 0 Å². The Balaban J connectivity index is 2.93. The van der Waals surface area contributed by atoms with Crippen LogP contribution in [0.1, 0.15) is 19.0 Å². The Hall–Kier alpha value is -1.46. The number of alkyl halides is 3. The highest BCUT2D eigenvalue weighted by molar-refractivity contribution is 5.50. The van der Waals surface area contributed by atoms with Gasteiger partial charge in [-0.15, -0.1) is 0 Å². The van der Waals surface area contributed by atoms with E-state index in [4.69, 9.17) is 5.73 Å². The molecule has 0 aliphatic carbocycles. The van der Waals surface area contributed by atoms with Crippen LogP contribution in [0.25, 0.3) is 0 Å². The number of anilines is 2. The first-order valence-corrected chi connectivity index (χ1v) is 5.38. The lowest BCUT2D eigenvalue weighted by Crippen LogP contribution is -2.35. The molecule has 2 N–H and O–H groups in total. The molecule has 1 heterocycles. The van der Waals surface area contributed by atoms with Gasteiger partial charge in [0, 0.05) is 6.54 Å². The lowest BCUT2D eigenvalue weighted by Gasteiger charge is -2.24. The Labute approximate surface area is 98.4 Å². The summed E-state index contributed by atoms with van der Waals surface area (Å²) in [4.78, 5) is 5.29. The summed E-state index contributed by atoms with van der Waals surface area (Å²) in [6.45, 7) is 2.83. The highest BCUT2D eigenvalue weighted by Crippen LogP contribution is 2.22. The predicted octanol–water partition coefficient (Wildman–Crippen LogP) is 2.75. The van der Waals surface area contributed by atoms with Gasteiger partial charge in [0.05, 0.1) is 11.4 Å². The molecule has 0 saturated carbocycles. The lowest BCUT2D eigenvalue weighted by atomic mass is 10.3. The van der Waals surface area contributed by atoms with Gasteiger partial charge in [0.1, 0.15) is 12.4 Å². The van der Waals surface area contributed by atoms with Gasteiger partial charge in [-0.1, -0.05) is 6.92 Å². The molecule has 0 aliphatic rings. The van der Waals surface area contributed by atoms with Crippen LogP contribution in [0.4, 0.5) is 24.7 Å². The maximum Gasteiger partial charge on any atom is 0.405 e. The van der Waals surface area contributed by atoms with Crippen LogP contribution in [0.3, 0.4) is 0 Å². The minimum Gasteiger partial charge on any atom is -0.397 e. The third kappa shape index (κ3) is 4.13. The first kappa shape index (κ1) is 13.6. The molecule has 0 amide bonds. The molecule has 3 nitrogen and oxygen atoms in total. The molecular formula is C11H16F3N3. The van der Waals surface area contributed by atoms with E-state index in [-0.39, 0.29) is 0 Å². The summed E-state index contributed by atoms with van der Waals surface area (Å²) in [6, 6.07) is 3.10. The predicted molar refractivity (Wildman–Crippen MR) is 61.9 cm³/mol. The molecule has 0 unspecified atom stereocenters. The Morgan fingerprint density at radius 2 is 2.00 bits per heavy atom. The summed E-state index contributed by atoms with van der Waals surface area (Å²) < 4.78 is 37.2. The first-order chi connectivity index (χ1) is 7.83. The van der Waals surface area contributed by atoms with Gasteiger partial charge in [0.2, 0.25) is 0 Å². The molecular weight excluding hydrogens is 231 g/mol. The molecule has 6 heteroatoms. The van der Waals surface area contributed by atoms with Crippen LogP contribution in [0.2, 0.25) is 0 Å². The van der Waals surface area contributed by atoms with Crippen molar-refractivity contribution in [1.82, 2.24) is 4.98 Å². The van der Waals surface area contributed by atoms with Crippen molar-refractivity contribution in [2.45, 2.75) is 26.4 Å². The third-order valence-electron chi connectivity index (χ3n) is 2.30. The Bertz CT molecular complexity index is 377. The van der Waals surface area contributed by atoms with E-state index in [1.807, 2.05) is 6.92 Å². The normalized spacial score (nSPS) is 11.6. The fourth-order valence-corrected chi connectivity index (χ4v) is 1.50. The number of halogens is 3. The van der Waals surface area contributed by atoms with Gasteiger partial charge >= 0.3 is 6.18 Å². The van der Waals surface area contributed by atoms with Crippen molar-refractivity contribution in [3.8, 4) is 0 Å². The number of hydrogen-bond donors (Lipinski definition) is 1. The fourth-order valence-electron chi connectivity index (χ4n) is 1.50. The van der Waals surface area contributed by atoms with Crippen LogP contribution >= 0.6 is 0 Å². The van der Waals surface area contributed by atoms with Crippen LogP contribution in [0.5, 0.6) is 0 Å². The summed E-state index contributed by atoms with van der Waals surface area (Å²) in [6.07, 6.45) is -3.60. The summed E-state index contributed by atoms with van der Waals surface area (Å²) >= 11 is 0. The first-order valence-electron chi connectivity index (χ1n) is 5.38. The Morgan fingerprint density at radius 3 is 2.47 bits per heavy atom. The average Bonchev–Trinajstić information content (AvgIpc) is 2.19. The third-order valence-corrected chi connectivity index (χ3v) is 2.30.